The van der Waals surface area contributed by atoms with Gasteiger partial charge in [0.1, 0.15) is 16.5 Å². The molecule has 0 aromatic heterocycles. The first-order valence-corrected chi connectivity index (χ1v) is 13.1. The molecule has 1 aliphatic heterocycles. The molecule has 0 saturated heterocycles. The summed E-state index contributed by atoms with van der Waals surface area (Å²) >= 11 is 6.26. The molecule has 10 heteroatoms. The topological polar surface area (TPSA) is 114 Å². The van der Waals surface area contributed by atoms with Gasteiger partial charge in [-0.3, -0.25) is 14.4 Å². The first kappa shape index (κ1) is 28.4. The Morgan fingerprint density at radius 2 is 1.65 bits per heavy atom. The number of anilines is 3. The van der Waals surface area contributed by atoms with E-state index in [1.165, 1.54) is 30.3 Å². The molecule has 9 nitrogen and oxygen atoms in total. The highest BCUT2D eigenvalue weighted by molar-refractivity contribution is 6.53. The van der Waals surface area contributed by atoms with Gasteiger partial charge < -0.3 is 20.1 Å². The second-order valence-electron chi connectivity index (χ2n) is 9.14. The van der Waals surface area contributed by atoms with Crippen LogP contribution in [0, 0.1) is 0 Å². The molecule has 0 radical (unpaired) electrons. The van der Waals surface area contributed by atoms with Crippen LogP contribution in [0.15, 0.2) is 83.5 Å². The highest BCUT2D eigenvalue weighted by atomic mass is 35.5. The van der Waals surface area contributed by atoms with E-state index in [1.54, 1.807) is 36.4 Å². The molecule has 3 aromatic rings. The number of hydrogen-bond donors (Lipinski definition) is 2. The largest absolute Gasteiger partial charge is 0.489 e. The van der Waals surface area contributed by atoms with E-state index < -0.39 is 23.7 Å². The maximum absolute atomic E-state index is 13.2. The molecule has 206 valence electrons. The summed E-state index contributed by atoms with van der Waals surface area (Å²) in [7, 11) is 0. The van der Waals surface area contributed by atoms with Gasteiger partial charge in [0, 0.05) is 11.3 Å². The summed E-state index contributed by atoms with van der Waals surface area (Å²) in [5.74, 6) is -1.74. The van der Waals surface area contributed by atoms with E-state index in [-0.39, 0.29) is 22.5 Å². The lowest BCUT2D eigenvalue weighted by Gasteiger charge is -2.16. The molecule has 3 aromatic carbocycles. The van der Waals surface area contributed by atoms with Gasteiger partial charge in [-0.1, -0.05) is 36.7 Å². The molecule has 0 spiro atoms. The highest BCUT2D eigenvalue weighted by Gasteiger charge is 2.39. The van der Waals surface area contributed by atoms with Crippen molar-refractivity contribution in [3.05, 3.63) is 94.7 Å². The number of halogens is 1. The van der Waals surface area contributed by atoms with Gasteiger partial charge in [-0.25, -0.2) is 9.69 Å². The summed E-state index contributed by atoms with van der Waals surface area (Å²) in [5.41, 5.74) is 1.60. The number of amides is 3. The normalized spacial score (nSPS) is 13.1. The fraction of sp³-hybridized carbons (Fsp3) is 0.200. The summed E-state index contributed by atoms with van der Waals surface area (Å²) < 4.78 is 10.9. The smallest absolute Gasteiger partial charge is 0.338 e. The first-order valence-electron chi connectivity index (χ1n) is 12.7. The van der Waals surface area contributed by atoms with Crippen molar-refractivity contribution < 1.29 is 28.7 Å². The van der Waals surface area contributed by atoms with Gasteiger partial charge >= 0.3 is 5.97 Å². The number of para-hydroxylation sites is 2. The third kappa shape index (κ3) is 6.32. The number of benzene rings is 3. The van der Waals surface area contributed by atoms with Crippen molar-refractivity contribution in [1.82, 2.24) is 0 Å². The Labute approximate surface area is 236 Å². The van der Waals surface area contributed by atoms with Gasteiger partial charge in [0.2, 0.25) is 0 Å². The second-order valence-corrected chi connectivity index (χ2v) is 9.52. The fourth-order valence-corrected chi connectivity index (χ4v) is 4.09. The predicted molar refractivity (Wildman–Crippen MR) is 153 cm³/mol. The van der Waals surface area contributed by atoms with Crippen molar-refractivity contribution in [3.8, 4) is 5.75 Å². The number of carbonyl (C=O) groups excluding carboxylic acids is 4. The molecule has 3 amide bonds. The molecule has 0 unspecified atom stereocenters. The lowest BCUT2D eigenvalue weighted by molar-refractivity contribution is -0.120. The van der Waals surface area contributed by atoms with Crippen LogP contribution >= 0.6 is 11.6 Å². The average molecular weight is 562 g/mol. The lowest BCUT2D eigenvalue weighted by Crippen LogP contribution is -2.32. The molecule has 0 fully saturated rings. The summed E-state index contributed by atoms with van der Waals surface area (Å²) in [6, 6.07) is 19.4. The molecule has 2 N–H and O–H groups in total. The zero-order valence-corrected chi connectivity index (χ0v) is 23.0. The molecule has 0 bridgehead atoms. The standard InChI is InChI=1S/C30H28ClN3O6/c1-4-16-39-30(38)19-12-14-22(15-13-19)34-28(36)25(31)26(29(34)37)32-21-9-7-8-20(17-21)27(35)33-23-10-5-6-11-24(23)40-18(2)3/h5-15,17-18,32H,4,16H2,1-3H3,(H,33,35). The van der Waals surface area contributed by atoms with E-state index in [1.807, 2.05) is 26.8 Å². The van der Waals surface area contributed by atoms with Crippen LogP contribution in [0.4, 0.5) is 17.1 Å². The van der Waals surface area contributed by atoms with Gasteiger partial charge in [-0.2, -0.15) is 0 Å². The molecule has 40 heavy (non-hydrogen) atoms. The minimum absolute atomic E-state index is 0.0740. The van der Waals surface area contributed by atoms with Crippen LogP contribution in [0.5, 0.6) is 5.75 Å². The Bertz CT molecular complexity index is 1480. The van der Waals surface area contributed by atoms with Crippen LogP contribution in [0.1, 0.15) is 47.9 Å². The number of nitrogens with one attached hydrogen (secondary N) is 2. The molecule has 4 rings (SSSR count). The van der Waals surface area contributed by atoms with Crippen molar-refractivity contribution in [3.63, 3.8) is 0 Å². The minimum atomic E-state index is -0.717. The van der Waals surface area contributed by atoms with E-state index in [9.17, 15) is 19.2 Å². The molecular weight excluding hydrogens is 534 g/mol. The van der Waals surface area contributed by atoms with E-state index in [0.29, 0.717) is 41.3 Å². The quantitative estimate of drug-likeness (QED) is 0.240. The minimum Gasteiger partial charge on any atom is -0.489 e. The van der Waals surface area contributed by atoms with E-state index >= 15 is 0 Å². The number of imide groups is 1. The van der Waals surface area contributed by atoms with Crippen molar-refractivity contribution >= 4 is 52.4 Å². The zero-order valence-electron chi connectivity index (χ0n) is 22.2. The van der Waals surface area contributed by atoms with Crippen LogP contribution in [-0.2, 0) is 14.3 Å². The zero-order chi connectivity index (χ0) is 28.8. The van der Waals surface area contributed by atoms with Gasteiger partial charge in [-0.05, 0) is 74.9 Å². The Kier molecular flexibility index (Phi) is 8.86. The second kappa shape index (κ2) is 12.5. The number of hydrogen-bond acceptors (Lipinski definition) is 7. The number of ether oxygens (including phenoxy) is 2. The summed E-state index contributed by atoms with van der Waals surface area (Å²) in [4.78, 5) is 52.0. The summed E-state index contributed by atoms with van der Waals surface area (Å²) in [5, 5.41) is 5.41. The van der Waals surface area contributed by atoms with Gasteiger partial charge in [0.15, 0.2) is 0 Å². The van der Waals surface area contributed by atoms with Crippen LogP contribution < -0.4 is 20.3 Å². The SMILES string of the molecule is CCCOC(=O)c1ccc(N2C(=O)C(Cl)=C(Nc3cccc(C(=O)Nc4ccccc4OC(C)C)c3)C2=O)cc1. The Morgan fingerprint density at radius 3 is 2.35 bits per heavy atom. The molecule has 1 aliphatic rings. The van der Waals surface area contributed by atoms with Crippen LogP contribution in [0.25, 0.3) is 0 Å². The Morgan fingerprint density at radius 1 is 0.925 bits per heavy atom. The predicted octanol–water partition coefficient (Wildman–Crippen LogP) is 5.73. The van der Waals surface area contributed by atoms with Crippen LogP contribution in [0.2, 0.25) is 0 Å². The van der Waals surface area contributed by atoms with Crippen LogP contribution in [-0.4, -0.2) is 36.4 Å². The maximum Gasteiger partial charge on any atom is 0.338 e. The van der Waals surface area contributed by atoms with Gasteiger partial charge in [-0.15, -0.1) is 0 Å². The van der Waals surface area contributed by atoms with Crippen molar-refractivity contribution in [2.24, 2.45) is 0 Å². The number of rotatable bonds is 10. The van der Waals surface area contributed by atoms with Crippen molar-refractivity contribution in [2.75, 3.05) is 22.1 Å². The summed E-state index contributed by atoms with van der Waals surface area (Å²) in [6.45, 7) is 5.96. The third-order valence-corrected chi connectivity index (χ3v) is 6.07. The Balaban J connectivity index is 1.48. The summed E-state index contributed by atoms with van der Waals surface area (Å²) in [6.07, 6.45) is 0.616. The Hall–Kier alpha value is -4.63. The lowest BCUT2D eigenvalue weighted by atomic mass is 10.1. The molecule has 0 saturated carbocycles. The fourth-order valence-electron chi connectivity index (χ4n) is 3.87. The van der Waals surface area contributed by atoms with Crippen molar-refractivity contribution in [1.29, 1.82) is 0 Å². The number of nitrogens with zero attached hydrogens (tertiary/aromatic N) is 1. The molecule has 0 atom stereocenters. The molecule has 0 aliphatic carbocycles. The number of esters is 1. The maximum atomic E-state index is 13.2. The van der Waals surface area contributed by atoms with E-state index in [2.05, 4.69) is 10.6 Å². The average Bonchev–Trinajstić information content (AvgIpc) is 3.15. The van der Waals surface area contributed by atoms with Crippen molar-refractivity contribution in [2.45, 2.75) is 33.3 Å². The molecular formula is C30H28ClN3O6. The van der Waals surface area contributed by atoms with E-state index in [0.717, 1.165) is 4.90 Å². The number of carbonyl (C=O) groups is 4. The molecule has 1 heterocycles. The first-order chi connectivity index (χ1) is 19.2. The third-order valence-electron chi connectivity index (χ3n) is 5.72. The highest BCUT2D eigenvalue weighted by Crippen LogP contribution is 2.31. The monoisotopic (exact) mass is 561 g/mol. The van der Waals surface area contributed by atoms with Gasteiger partial charge in [0.05, 0.1) is 29.6 Å². The van der Waals surface area contributed by atoms with Crippen LogP contribution in [0.3, 0.4) is 0 Å². The van der Waals surface area contributed by atoms with Gasteiger partial charge in [0.25, 0.3) is 17.7 Å². The van der Waals surface area contributed by atoms with E-state index in [4.69, 9.17) is 21.1 Å².